The Balaban J connectivity index is 1.69. The average Bonchev–Trinajstić information content (AvgIpc) is 2.61. The fourth-order valence-electron chi connectivity index (χ4n) is 3.42. The van der Waals surface area contributed by atoms with E-state index in [4.69, 9.17) is 0 Å². The fourth-order valence-corrected chi connectivity index (χ4v) is 3.42. The molecule has 5 nitrogen and oxygen atoms in total. The highest BCUT2D eigenvalue weighted by Gasteiger charge is 2.23. The number of carbonyl (C=O) groups excluding carboxylic acids is 2. The number of hydrogen-bond donors (Lipinski definition) is 1. The molecule has 1 N–H and O–H groups in total. The van der Waals surface area contributed by atoms with Crippen molar-refractivity contribution in [3.63, 3.8) is 0 Å². The Morgan fingerprint density at radius 2 is 2.09 bits per heavy atom. The van der Waals surface area contributed by atoms with Gasteiger partial charge in [0.1, 0.15) is 0 Å². The maximum Gasteiger partial charge on any atom is 0.246 e. The van der Waals surface area contributed by atoms with Crippen molar-refractivity contribution in [2.24, 2.45) is 5.92 Å². The van der Waals surface area contributed by atoms with Crippen LogP contribution < -0.4 is 5.32 Å². The van der Waals surface area contributed by atoms with Crippen LogP contribution in [0, 0.1) is 5.92 Å². The summed E-state index contributed by atoms with van der Waals surface area (Å²) >= 11 is 0. The first kappa shape index (κ1) is 15.7. The number of amides is 2. The van der Waals surface area contributed by atoms with Gasteiger partial charge in [-0.15, -0.1) is 0 Å². The Morgan fingerprint density at radius 3 is 2.83 bits per heavy atom. The number of nitrogens with zero attached hydrogens (tertiary/aromatic N) is 2. The third-order valence-corrected chi connectivity index (χ3v) is 4.77. The first-order chi connectivity index (χ1) is 11.2. The first-order valence-corrected chi connectivity index (χ1v) is 8.37. The summed E-state index contributed by atoms with van der Waals surface area (Å²) in [5, 5.41) is 2.99. The molecule has 3 rings (SSSR count). The Morgan fingerprint density at radius 1 is 1.30 bits per heavy atom. The van der Waals surface area contributed by atoms with Crippen molar-refractivity contribution in [3.05, 3.63) is 36.2 Å². The number of nitrogens with one attached hydrogen (secondary N) is 1. The second-order valence-electron chi connectivity index (χ2n) is 6.37. The summed E-state index contributed by atoms with van der Waals surface area (Å²) in [7, 11) is 0. The summed E-state index contributed by atoms with van der Waals surface area (Å²) < 4.78 is 0. The molecule has 0 unspecified atom stereocenters. The van der Waals surface area contributed by atoms with Gasteiger partial charge in [-0.25, -0.2) is 0 Å². The molecule has 1 aliphatic heterocycles. The lowest BCUT2D eigenvalue weighted by Gasteiger charge is -2.27. The molecule has 2 amide bonds. The van der Waals surface area contributed by atoms with Gasteiger partial charge in [0, 0.05) is 31.1 Å². The lowest BCUT2D eigenvalue weighted by molar-refractivity contribution is -0.127. The molecule has 1 aliphatic carbocycles. The first-order valence-electron chi connectivity index (χ1n) is 8.37. The van der Waals surface area contributed by atoms with Crippen molar-refractivity contribution in [1.82, 2.24) is 9.88 Å². The largest absolute Gasteiger partial charge is 0.334 e. The zero-order valence-electron chi connectivity index (χ0n) is 13.4. The lowest BCUT2D eigenvalue weighted by atomic mass is 9.88. The predicted molar refractivity (Wildman–Crippen MR) is 88.8 cm³/mol. The van der Waals surface area contributed by atoms with Crippen molar-refractivity contribution in [3.8, 4) is 0 Å². The second-order valence-corrected chi connectivity index (χ2v) is 6.37. The van der Waals surface area contributed by atoms with E-state index in [1.54, 1.807) is 11.1 Å². The Bertz CT molecular complexity index is 621. The van der Waals surface area contributed by atoms with E-state index >= 15 is 0 Å². The predicted octanol–water partition coefficient (Wildman–Crippen LogP) is 2.67. The number of aromatic nitrogens is 1. The van der Waals surface area contributed by atoms with Gasteiger partial charge in [0.25, 0.3) is 0 Å². The molecule has 1 fully saturated rings. The monoisotopic (exact) mass is 313 g/mol. The minimum absolute atomic E-state index is 0.0627. The molecule has 23 heavy (non-hydrogen) atoms. The van der Waals surface area contributed by atoms with E-state index in [9.17, 15) is 9.59 Å². The van der Waals surface area contributed by atoms with E-state index in [1.807, 2.05) is 6.07 Å². The van der Waals surface area contributed by atoms with Crippen LogP contribution in [0.1, 0.15) is 43.4 Å². The highest BCUT2D eigenvalue weighted by atomic mass is 16.2. The summed E-state index contributed by atoms with van der Waals surface area (Å²) in [5.74, 6) is 0.159. The van der Waals surface area contributed by atoms with Crippen LogP contribution in [0.5, 0.6) is 0 Å². The van der Waals surface area contributed by atoms with Crippen molar-refractivity contribution in [1.29, 1.82) is 0 Å². The molecule has 0 radical (unpaired) electrons. The van der Waals surface area contributed by atoms with Gasteiger partial charge in [-0.3, -0.25) is 14.6 Å². The zero-order valence-corrected chi connectivity index (χ0v) is 13.4. The normalized spacial score (nSPS) is 18.2. The molecule has 5 heteroatoms. The van der Waals surface area contributed by atoms with Crippen molar-refractivity contribution < 1.29 is 9.59 Å². The number of carbonyl (C=O) groups is 2. The number of fused-ring (bicyclic) bond motifs is 1. The molecule has 1 aromatic rings. The molecule has 122 valence electrons. The minimum Gasteiger partial charge on any atom is -0.334 e. The van der Waals surface area contributed by atoms with Gasteiger partial charge in [0.05, 0.1) is 11.9 Å². The average molecular weight is 313 g/mol. The van der Waals surface area contributed by atoms with Crippen LogP contribution in [-0.2, 0) is 22.6 Å². The Hall–Kier alpha value is -2.17. The molecular formula is C18H23N3O2. The van der Waals surface area contributed by atoms with Crippen LogP contribution in [-0.4, -0.2) is 28.2 Å². The zero-order chi connectivity index (χ0) is 16.2. The molecule has 2 aliphatic rings. The smallest absolute Gasteiger partial charge is 0.246 e. The van der Waals surface area contributed by atoms with Gasteiger partial charge >= 0.3 is 0 Å². The molecule has 0 aromatic carbocycles. The van der Waals surface area contributed by atoms with E-state index in [0.29, 0.717) is 13.1 Å². The highest BCUT2D eigenvalue weighted by Crippen LogP contribution is 2.26. The maximum atomic E-state index is 12.3. The molecule has 0 bridgehead atoms. The summed E-state index contributed by atoms with van der Waals surface area (Å²) in [5.41, 5.74) is 2.74. The molecular weight excluding hydrogens is 290 g/mol. The van der Waals surface area contributed by atoms with Gasteiger partial charge in [0.2, 0.25) is 11.8 Å². The van der Waals surface area contributed by atoms with Crippen LogP contribution in [0.25, 0.3) is 0 Å². The van der Waals surface area contributed by atoms with Crippen LogP contribution >= 0.6 is 0 Å². The van der Waals surface area contributed by atoms with Crippen LogP contribution in [0.15, 0.2) is 24.9 Å². The van der Waals surface area contributed by atoms with Crippen LogP contribution in [0.2, 0.25) is 0 Å². The fraction of sp³-hybridized carbons (Fsp3) is 0.500. The quantitative estimate of drug-likeness (QED) is 0.873. The van der Waals surface area contributed by atoms with E-state index in [0.717, 1.165) is 49.0 Å². The third-order valence-electron chi connectivity index (χ3n) is 4.77. The maximum absolute atomic E-state index is 12.3. The lowest BCUT2D eigenvalue weighted by Crippen LogP contribution is -2.35. The number of anilines is 1. The van der Waals surface area contributed by atoms with Crippen molar-refractivity contribution >= 4 is 17.5 Å². The van der Waals surface area contributed by atoms with Gasteiger partial charge in [0.15, 0.2) is 0 Å². The molecule has 0 spiro atoms. The number of pyridine rings is 1. The SMILES string of the molecule is C=CC(=O)N1CCc2ncc(NC(=O)C3CCCCC3)cc2C1. The molecule has 1 saturated carbocycles. The number of rotatable bonds is 3. The third kappa shape index (κ3) is 3.60. The van der Waals surface area contributed by atoms with Crippen molar-refractivity contribution in [2.45, 2.75) is 45.1 Å². The minimum atomic E-state index is -0.0627. The van der Waals surface area contributed by atoms with Gasteiger partial charge in [-0.05, 0) is 30.5 Å². The second kappa shape index (κ2) is 6.94. The van der Waals surface area contributed by atoms with Crippen LogP contribution in [0.3, 0.4) is 0 Å². The highest BCUT2D eigenvalue weighted by molar-refractivity contribution is 5.92. The molecule has 1 aromatic heterocycles. The summed E-state index contributed by atoms with van der Waals surface area (Å²) in [4.78, 5) is 30.3. The topological polar surface area (TPSA) is 62.3 Å². The van der Waals surface area contributed by atoms with E-state index in [-0.39, 0.29) is 17.7 Å². The molecule has 0 saturated heterocycles. The summed E-state index contributed by atoms with van der Waals surface area (Å²) in [6.45, 7) is 4.73. The molecule has 0 atom stereocenters. The van der Waals surface area contributed by atoms with Gasteiger partial charge in [-0.1, -0.05) is 25.8 Å². The van der Waals surface area contributed by atoms with E-state index < -0.39 is 0 Å². The Kier molecular flexibility index (Phi) is 4.74. The number of hydrogen-bond acceptors (Lipinski definition) is 3. The van der Waals surface area contributed by atoms with Crippen LogP contribution in [0.4, 0.5) is 5.69 Å². The summed E-state index contributed by atoms with van der Waals surface area (Å²) in [6, 6.07) is 1.95. The van der Waals surface area contributed by atoms with Gasteiger partial charge < -0.3 is 10.2 Å². The van der Waals surface area contributed by atoms with E-state index in [2.05, 4.69) is 16.9 Å². The Labute approximate surface area is 136 Å². The van der Waals surface area contributed by atoms with Crippen molar-refractivity contribution in [2.75, 3.05) is 11.9 Å². The van der Waals surface area contributed by atoms with Gasteiger partial charge in [-0.2, -0.15) is 0 Å². The standard InChI is InChI=1S/C18H23N3O2/c1-2-17(22)21-9-8-16-14(12-21)10-15(11-19-16)20-18(23)13-6-4-3-5-7-13/h2,10-11,13H,1,3-9,12H2,(H,20,23). The summed E-state index contributed by atoms with van der Waals surface area (Å²) in [6.07, 6.45) is 9.27. The molecule has 2 heterocycles. The van der Waals surface area contributed by atoms with E-state index in [1.165, 1.54) is 12.5 Å².